The van der Waals surface area contributed by atoms with Gasteiger partial charge in [-0.2, -0.15) is 0 Å². The summed E-state index contributed by atoms with van der Waals surface area (Å²) in [5.41, 5.74) is -1.14. The number of nitrogens with zero attached hydrogens (tertiary/aromatic N) is 1. The van der Waals surface area contributed by atoms with Crippen LogP contribution in [0.4, 0.5) is 0 Å². The van der Waals surface area contributed by atoms with Crippen LogP contribution >= 0.6 is 0 Å². The number of esters is 2. The number of aliphatic hydroxyl groups excluding tert-OH is 1. The van der Waals surface area contributed by atoms with Crippen LogP contribution in [0.3, 0.4) is 0 Å². The summed E-state index contributed by atoms with van der Waals surface area (Å²) in [5, 5.41) is 19.5. The number of hydrogen-bond donors (Lipinski definition) is 3. The molecule has 1 saturated heterocycles. The van der Waals surface area contributed by atoms with Crippen LogP contribution in [0.2, 0.25) is 0 Å². The van der Waals surface area contributed by atoms with Gasteiger partial charge in [0, 0.05) is 25.3 Å². The van der Waals surface area contributed by atoms with Crippen molar-refractivity contribution >= 4 is 11.9 Å². The van der Waals surface area contributed by atoms with Crippen LogP contribution in [0, 0.1) is 6.92 Å². The Morgan fingerprint density at radius 2 is 1.94 bits per heavy atom. The molecule has 1 aromatic heterocycles. The predicted molar refractivity (Wildman–Crippen MR) is 106 cm³/mol. The highest BCUT2D eigenvalue weighted by molar-refractivity contribution is 5.94. The number of phenols is 1. The third-order valence-corrected chi connectivity index (χ3v) is 4.84. The lowest BCUT2D eigenvalue weighted by molar-refractivity contribution is -0.156. The normalized spacial score (nSPS) is 22.4. The molecule has 0 spiro atoms. The summed E-state index contributed by atoms with van der Waals surface area (Å²) in [6.07, 6.45) is -3.94. The second-order valence-electron chi connectivity index (χ2n) is 7.05. The van der Waals surface area contributed by atoms with E-state index in [4.69, 9.17) is 18.9 Å². The topological polar surface area (TPSA) is 166 Å². The molecule has 2 aromatic rings. The quantitative estimate of drug-likeness (QED) is 0.493. The lowest BCUT2D eigenvalue weighted by Gasteiger charge is -2.24. The number of rotatable bonds is 6. The van der Waals surface area contributed by atoms with Crippen molar-refractivity contribution < 1.29 is 38.7 Å². The molecular formula is C20H22N2O10. The Balaban J connectivity index is 2.00. The van der Waals surface area contributed by atoms with E-state index < -0.39 is 54.3 Å². The first-order valence-electron chi connectivity index (χ1n) is 9.49. The molecule has 0 saturated carbocycles. The number of phenolic OH excluding ortho intramolecular Hbond substituents is 1. The molecule has 1 aliphatic rings. The lowest BCUT2D eigenvalue weighted by atomic mass is 10.1. The zero-order valence-corrected chi connectivity index (χ0v) is 17.4. The van der Waals surface area contributed by atoms with Gasteiger partial charge in [-0.3, -0.25) is 19.1 Å². The average Bonchev–Trinajstić information content (AvgIpc) is 3.03. The van der Waals surface area contributed by atoms with E-state index in [1.165, 1.54) is 19.2 Å². The summed E-state index contributed by atoms with van der Waals surface area (Å²) in [7, 11) is 1.31. The number of ether oxygens (including phenoxy) is 4. The molecule has 4 atom stereocenters. The minimum Gasteiger partial charge on any atom is -0.508 e. The molecule has 0 radical (unpaired) electrons. The van der Waals surface area contributed by atoms with Crippen LogP contribution in [0.5, 0.6) is 11.5 Å². The van der Waals surface area contributed by atoms with Crippen molar-refractivity contribution in [3.8, 4) is 11.5 Å². The standard InChI is InChI=1S/C20H22N2O10/c1-9-6-11(25)7-12(29-3)15(9)19(27)32-16-13(8-23)31-18(17(16)30-10(2)24)22-5-4-14(26)21-20(22)28/h4-7,13,16-18,23,25H,8H2,1-3H3,(H,21,26,28)/t13-,16+,17-,18+/m1/s1. The third-order valence-electron chi connectivity index (χ3n) is 4.84. The van der Waals surface area contributed by atoms with Crippen LogP contribution in [0.25, 0.3) is 0 Å². The van der Waals surface area contributed by atoms with Gasteiger partial charge in [-0.25, -0.2) is 9.59 Å². The second-order valence-corrected chi connectivity index (χ2v) is 7.05. The van der Waals surface area contributed by atoms with E-state index >= 15 is 0 Å². The SMILES string of the molecule is COc1cc(O)cc(C)c1C(=O)O[C@@H]1[C@@H](OC(C)=O)[C@@H](n2ccc(=O)[nH]c2=O)O[C@@H]1CO. The van der Waals surface area contributed by atoms with Crippen molar-refractivity contribution in [2.24, 2.45) is 0 Å². The maximum absolute atomic E-state index is 13.0. The van der Waals surface area contributed by atoms with Crippen molar-refractivity contribution in [1.82, 2.24) is 9.55 Å². The van der Waals surface area contributed by atoms with E-state index in [1.54, 1.807) is 6.92 Å². The Morgan fingerprint density at radius 3 is 2.53 bits per heavy atom. The number of aromatic hydroxyl groups is 1. The molecule has 1 aromatic carbocycles. The van der Waals surface area contributed by atoms with Crippen LogP contribution in [0.15, 0.2) is 34.0 Å². The molecule has 0 bridgehead atoms. The van der Waals surface area contributed by atoms with E-state index in [1.807, 2.05) is 0 Å². The van der Waals surface area contributed by atoms with Gasteiger partial charge in [0.05, 0.1) is 13.7 Å². The Bertz CT molecular complexity index is 1140. The summed E-state index contributed by atoms with van der Waals surface area (Å²) in [6, 6.07) is 3.62. The predicted octanol–water partition coefficient (Wildman–Crippen LogP) is -0.394. The zero-order valence-electron chi connectivity index (χ0n) is 17.4. The summed E-state index contributed by atoms with van der Waals surface area (Å²) < 4.78 is 22.6. The fourth-order valence-corrected chi connectivity index (χ4v) is 3.51. The van der Waals surface area contributed by atoms with Crippen LogP contribution < -0.4 is 16.0 Å². The molecule has 1 fully saturated rings. The molecule has 2 heterocycles. The third kappa shape index (κ3) is 4.50. The maximum Gasteiger partial charge on any atom is 0.342 e. The monoisotopic (exact) mass is 450 g/mol. The van der Waals surface area contributed by atoms with Gasteiger partial charge < -0.3 is 29.2 Å². The molecule has 12 nitrogen and oxygen atoms in total. The van der Waals surface area contributed by atoms with Crippen LogP contribution in [-0.2, 0) is 19.0 Å². The molecule has 0 amide bonds. The van der Waals surface area contributed by atoms with Crippen LogP contribution in [-0.4, -0.2) is 63.7 Å². The second kappa shape index (κ2) is 9.24. The highest BCUT2D eigenvalue weighted by Crippen LogP contribution is 2.35. The molecule has 12 heteroatoms. The summed E-state index contributed by atoms with van der Waals surface area (Å²) in [5.74, 6) is -1.72. The minimum absolute atomic E-state index is 0.00761. The molecule has 0 unspecified atom stereocenters. The first-order chi connectivity index (χ1) is 15.2. The Morgan fingerprint density at radius 1 is 1.22 bits per heavy atom. The molecule has 0 aliphatic carbocycles. The Kier molecular flexibility index (Phi) is 6.65. The first kappa shape index (κ1) is 23.0. The number of aromatic nitrogens is 2. The van der Waals surface area contributed by atoms with E-state index in [0.29, 0.717) is 5.56 Å². The first-order valence-corrected chi connectivity index (χ1v) is 9.49. The van der Waals surface area contributed by atoms with Crippen molar-refractivity contribution in [1.29, 1.82) is 0 Å². The highest BCUT2D eigenvalue weighted by Gasteiger charge is 2.50. The summed E-state index contributed by atoms with van der Waals surface area (Å²) in [6.45, 7) is 2.04. The number of nitrogens with one attached hydrogen (secondary N) is 1. The highest BCUT2D eigenvalue weighted by atomic mass is 16.6. The van der Waals surface area contributed by atoms with E-state index in [0.717, 1.165) is 23.8 Å². The molecule has 1 aliphatic heterocycles. The summed E-state index contributed by atoms with van der Waals surface area (Å²) in [4.78, 5) is 50.4. The largest absolute Gasteiger partial charge is 0.508 e. The fraction of sp³-hybridized carbons (Fsp3) is 0.400. The van der Waals surface area contributed by atoms with E-state index in [9.17, 15) is 29.4 Å². The van der Waals surface area contributed by atoms with Gasteiger partial charge >= 0.3 is 17.6 Å². The van der Waals surface area contributed by atoms with Gasteiger partial charge in [-0.05, 0) is 18.6 Å². The van der Waals surface area contributed by atoms with Crippen molar-refractivity contribution in [2.45, 2.75) is 38.4 Å². The minimum atomic E-state index is -1.32. The van der Waals surface area contributed by atoms with Gasteiger partial charge in [0.25, 0.3) is 5.56 Å². The van der Waals surface area contributed by atoms with Gasteiger partial charge in [0.15, 0.2) is 18.4 Å². The number of H-pyrrole nitrogens is 1. The van der Waals surface area contributed by atoms with Gasteiger partial charge in [-0.1, -0.05) is 0 Å². The molecule has 3 N–H and O–H groups in total. The van der Waals surface area contributed by atoms with Gasteiger partial charge in [0.1, 0.15) is 23.2 Å². The maximum atomic E-state index is 13.0. The number of aliphatic hydroxyl groups is 1. The number of methoxy groups -OCH3 is 1. The average molecular weight is 450 g/mol. The Labute approximate surface area is 180 Å². The van der Waals surface area contributed by atoms with Crippen LogP contribution in [0.1, 0.15) is 29.1 Å². The van der Waals surface area contributed by atoms with Crippen molar-refractivity contribution in [2.75, 3.05) is 13.7 Å². The Hall–Kier alpha value is -3.64. The van der Waals surface area contributed by atoms with E-state index in [2.05, 4.69) is 4.98 Å². The number of aryl methyl sites for hydroxylation is 1. The zero-order chi connectivity index (χ0) is 23.6. The number of aromatic amines is 1. The van der Waals surface area contributed by atoms with E-state index in [-0.39, 0.29) is 17.1 Å². The fourth-order valence-electron chi connectivity index (χ4n) is 3.51. The molecule has 3 rings (SSSR count). The van der Waals surface area contributed by atoms with Gasteiger partial charge in [-0.15, -0.1) is 0 Å². The number of carbonyl (C=O) groups is 2. The number of hydrogen-bond acceptors (Lipinski definition) is 10. The van der Waals surface area contributed by atoms with Crippen molar-refractivity contribution in [3.05, 3.63) is 56.4 Å². The van der Waals surface area contributed by atoms with Crippen molar-refractivity contribution in [3.63, 3.8) is 0 Å². The number of carbonyl (C=O) groups excluding carboxylic acids is 2. The summed E-state index contributed by atoms with van der Waals surface area (Å²) >= 11 is 0. The van der Waals surface area contributed by atoms with Gasteiger partial charge in [0.2, 0.25) is 0 Å². The number of benzene rings is 1. The molecule has 32 heavy (non-hydrogen) atoms. The molecule has 172 valence electrons. The lowest BCUT2D eigenvalue weighted by Crippen LogP contribution is -2.42. The molecular weight excluding hydrogens is 428 g/mol. The smallest absolute Gasteiger partial charge is 0.342 e.